The molecule has 1 aromatic rings. The molecular formula is C20H31N3O3. The number of carboxylic acids is 1. The van der Waals surface area contributed by atoms with E-state index < -0.39 is 5.97 Å². The van der Waals surface area contributed by atoms with Crippen LogP contribution in [0.5, 0.6) is 0 Å². The summed E-state index contributed by atoms with van der Waals surface area (Å²) in [5, 5.41) is 11.9. The van der Waals surface area contributed by atoms with Gasteiger partial charge >= 0.3 is 12.0 Å². The van der Waals surface area contributed by atoms with Gasteiger partial charge in [0.2, 0.25) is 0 Å². The minimum absolute atomic E-state index is 0.0422. The van der Waals surface area contributed by atoms with Gasteiger partial charge in [-0.2, -0.15) is 0 Å². The maximum absolute atomic E-state index is 12.5. The number of nitrogens with one attached hydrogen (secondary N) is 1. The predicted molar refractivity (Wildman–Crippen MR) is 102 cm³/mol. The van der Waals surface area contributed by atoms with E-state index in [4.69, 9.17) is 5.11 Å². The van der Waals surface area contributed by atoms with E-state index in [9.17, 15) is 9.59 Å². The van der Waals surface area contributed by atoms with Crippen molar-refractivity contribution in [2.24, 2.45) is 0 Å². The zero-order chi connectivity index (χ0) is 19.1. The Labute approximate surface area is 156 Å². The fraction of sp³-hybridized carbons (Fsp3) is 0.600. The van der Waals surface area contributed by atoms with Crippen molar-refractivity contribution in [3.05, 3.63) is 35.4 Å². The van der Waals surface area contributed by atoms with E-state index in [1.807, 2.05) is 16.8 Å². The second kappa shape index (κ2) is 9.57. The van der Waals surface area contributed by atoms with E-state index in [-0.39, 0.29) is 18.6 Å². The fourth-order valence-electron chi connectivity index (χ4n) is 3.37. The van der Waals surface area contributed by atoms with Gasteiger partial charge in [0.1, 0.15) is 0 Å². The molecule has 6 heteroatoms. The van der Waals surface area contributed by atoms with Crippen LogP contribution in [0.1, 0.15) is 50.2 Å². The van der Waals surface area contributed by atoms with Crippen LogP contribution in [0.3, 0.4) is 0 Å². The number of hydrogen-bond donors (Lipinski definition) is 2. The second-order valence-corrected chi connectivity index (χ2v) is 7.44. The minimum atomic E-state index is -0.810. The van der Waals surface area contributed by atoms with Gasteiger partial charge in [0.05, 0.1) is 6.54 Å². The molecule has 1 fully saturated rings. The van der Waals surface area contributed by atoms with E-state index in [1.165, 1.54) is 5.56 Å². The van der Waals surface area contributed by atoms with Crippen molar-refractivity contribution in [2.75, 3.05) is 26.7 Å². The third kappa shape index (κ3) is 6.02. The van der Waals surface area contributed by atoms with Crippen LogP contribution in [-0.4, -0.2) is 59.6 Å². The molecular weight excluding hydrogens is 330 g/mol. The van der Waals surface area contributed by atoms with Crippen LogP contribution >= 0.6 is 0 Å². The summed E-state index contributed by atoms with van der Waals surface area (Å²) in [6.45, 7) is 6.27. The number of urea groups is 1. The molecule has 1 aliphatic rings. The Morgan fingerprint density at radius 1 is 1.23 bits per heavy atom. The molecule has 0 radical (unpaired) electrons. The third-order valence-corrected chi connectivity index (χ3v) is 5.08. The average molecular weight is 361 g/mol. The van der Waals surface area contributed by atoms with Crippen LogP contribution in [0.4, 0.5) is 4.79 Å². The molecule has 2 amide bonds. The summed E-state index contributed by atoms with van der Waals surface area (Å²) in [4.78, 5) is 27.1. The van der Waals surface area contributed by atoms with Crippen molar-refractivity contribution in [1.82, 2.24) is 15.1 Å². The predicted octanol–water partition coefficient (Wildman–Crippen LogP) is 2.89. The van der Waals surface area contributed by atoms with Crippen LogP contribution in [0.15, 0.2) is 24.3 Å². The number of benzene rings is 1. The number of nitrogens with zero attached hydrogens (tertiary/aromatic N) is 2. The highest BCUT2D eigenvalue weighted by atomic mass is 16.4. The van der Waals surface area contributed by atoms with Crippen LogP contribution in [-0.2, 0) is 11.3 Å². The Morgan fingerprint density at radius 3 is 2.54 bits per heavy atom. The molecule has 1 aliphatic heterocycles. The maximum Gasteiger partial charge on any atom is 0.317 e. The number of carbonyl (C=O) groups is 2. The summed E-state index contributed by atoms with van der Waals surface area (Å²) >= 11 is 0. The van der Waals surface area contributed by atoms with E-state index in [1.54, 1.807) is 0 Å². The molecule has 1 atom stereocenters. The number of carbonyl (C=O) groups excluding carboxylic acids is 1. The Bertz CT molecular complexity index is 601. The lowest BCUT2D eigenvalue weighted by Crippen LogP contribution is -2.41. The van der Waals surface area contributed by atoms with Gasteiger partial charge in [0.25, 0.3) is 0 Å². The normalized spacial score (nSPS) is 18.0. The van der Waals surface area contributed by atoms with E-state index >= 15 is 0 Å². The molecule has 1 saturated heterocycles. The lowest BCUT2D eigenvalue weighted by Gasteiger charge is -2.25. The summed E-state index contributed by atoms with van der Waals surface area (Å²) < 4.78 is 0. The molecule has 2 N–H and O–H groups in total. The molecule has 144 valence electrons. The molecule has 0 aliphatic carbocycles. The van der Waals surface area contributed by atoms with Gasteiger partial charge in [-0.3, -0.25) is 9.69 Å². The molecule has 0 aromatic heterocycles. The smallest absolute Gasteiger partial charge is 0.317 e. The molecule has 1 unspecified atom stereocenters. The first kappa shape index (κ1) is 20.2. The highest BCUT2D eigenvalue weighted by Crippen LogP contribution is 2.17. The summed E-state index contributed by atoms with van der Waals surface area (Å²) in [7, 11) is 1.84. The summed E-state index contributed by atoms with van der Waals surface area (Å²) in [5.41, 5.74) is 2.39. The Morgan fingerprint density at radius 2 is 1.92 bits per heavy atom. The number of aliphatic carboxylic acids is 1. The Balaban J connectivity index is 1.81. The first-order valence-corrected chi connectivity index (χ1v) is 9.40. The molecule has 0 spiro atoms. The number of carboxylic acid groups (broad SMARTS) is 1. The molecule has 6 nitrogen and oxygen atoms in total. The number of hydrogen-bond acceptors (Lipinski definition) is 3. The van der Waals surface area contributed by atoms with Gasteiger partial charge in [0.15, 0.2) is 0 Å². The van der Waals surface area contributed by atoms with Gasteiger partial charge in [-0.1, -0.05) is 38.1 Å². The van der Waals surface area contributed by atoms with Gasteiger partial charge in [-0.05, 0) is 43.4 Å². The highest BCUT2D eigenvalue weighted by Gasteiger charge is 2.23. The van der Waals surface area contributed by atoms with Crippen molar-refractivity contribution >= 4 is 12.0 Å². The first-order chi connectivity index (χ1) is 12.4. The lowest BCUT2D eigenvalue weighted by atomic mass is 10.0. The highest BCUT2D eigenvalue weighted by molar-refractivity contribution is 5.74. The van der Waals surface area contributed by atoms with E-state index in [0.717, 1.165) is 31.4 Å². The van der Waals surface area contributed by atoms with Crippen LogP contribution in [0.2, 0.25) is 0 Å². The first-order valence-electron chi connectivity index (χ1n) is 9.40. The standard InChI is InChI=1S/C20H31N3O3/c1-15(2)17-8-6-16(7-9-17)13-21-20(26)23-11-4-5-18(10-12-23)22(3)14-19(24)25/h6-9,15,18H,4-5,10-14H2,1-3H3,(H,21,26)(H,24,25). The molecule has 1 aromatic carbocycles. The molecule has 0 bridgehead atoms. The van der Waals surface area contributed by atoms with E-state index in [0.29, 0.717) is 19.0 Å². The van der Waals surface area contributed by atoms with Crippen LogP contribution < -0.4 is 5.32 Å². The van der Waals surface area contributed by atoms with Crippen LogP contribution in [0, 0.1) is 0 Å². The van der Waals surface area contributed by atoms with Crippen molar-refractivity contribution in [3.63, 3.8) is 0 Å². The molecule has 26 heavy (non-hydrogen) atoms. The lowest BCUT2D eigenvalue weighted by molar-refractivity contribution is -0.138. The zero-order valence-electron chi connectivity index (χ0n) is 16.1. The van der Waals surface area contributed by atoms with Gasteiger partial charge in [-0.15, -0.1) is 0 Å². The number of likely N-dealkylation sites (N-methyl/N-ethyl adjacent to an activating group) is 1. The van der Waals surface area contributed by atoms with Crippen molar-refractivity contribution in [3.8, 4) is 0 Å². The van der Waals surface area contributed by atoms with Crippen molar-refractivity contribution in [2.45, 2.75) is 51.6 Å². The van der Waals surface area contributed by atoms with E-state index in [2.05, 4.69) is 43.4 Å². The molecule has 1 heterocycles. The monoisotopic (exact) mass is 361 g/mol. The number of amides is 2. The van der Waals surface area contributed by atoms with Crippen molar-refractivity contribution < 1.29 is 14.7 Å². The quantitative estimate of drug-likeness (QED) is 0.817. The summed E-state index contributed by atoms with van der Waals surface area (Å²) in [6.07, 6.45) is 2.62. The third-order valence-electron chi connectivity index (χ3n) is 5.08. The van der Waals surface area contributed by atoms with Gasteiger partial charge in [0, 0.05) is 25.7 Å². The Kier molecular flexibility index (Phi) is 7.45. The second-order valence-electron chi connectivity index (χ2n) is 7.44. The maximum atomic E-state index is 12.5. The molecule has 2 rings (SSSR count). The number of likely N-dealkylation sites (tertiary alicyclic amines) is 1. The topological polar surface area (TPSA) is 72.9 Å². The van der Waals surface area contributed by atoms with Crippen LogP contribution in [0.25, 0.3) is 0 Å². The molecule has 0 saturated carbocycles. The average Bonchev–Trinajstić information content (AvgIpc) is 2.85. The zero-order valence-corrected chi connectivity index (χ0v) is 16.1. The fourth-order valence-corrected chi connectivity index (χ4v) is 3.37. The Hall–Kier alpha value is -2.08. The minimum Gasteiger partial charge on any atom is -0.480 e. The van der Waals surface area contributed by atoms with Gasteiger partial charge < -0.3 is 15.3 Å². The number of rotatable bonds is 6. The SMILES string of the molecule is CC(C)c1ccc(CNC(=O)N2CCCC(N(C)CC(=O)O)CC2)cc1. The van der Waals surface area contributed by atoms with Gasteiger partial charge in [-0.25, -0.2) is 4.79 Å². The largest absolute Gasteiger partial charge is 0.480 e. The van der Waals surface area contributed by atoms with Crippen molar-refractivity contribution in [1.29, 1.82) is 0 Å². The summed E-state index contributed by atoms with van der Waals surface area (Å²) in [6, 6.07) is 8.53. The summed E-state index contributed by atoms with van der Waals surface area (Å²) in [5.74, 6) is -0.308.